The summed E-state index contributed by atoms with van der Waals surface area (Å²) >= 11 is 7.23. The molecule has 1 aromatic rings. The highest BCUT2D eigenvalue weighted by atomic mass is 35.5. The fraction of sp³-hybridized carbons (Fsp3) is 0.500. The van der Waals surface area contributed by atoms with Crippen LogP contribution < -0.4 is 10.0 Å². The average Bonchev–Trinajstić information content (AvgIpc) is 2.58. The van der Waals surface area contributed by atoms with E-state index in [0.717, 1.165) is 0 Å². The van der Waals surface area contributed by atoms with Gasteiger partial charge in [-0.2, -0.15) is 16.5 Å². The van der Waals surface area contributed by atoms with Crippen LogP contribution in [0.2, 0.25) is 5.02 Å². The summed E-state index contributed by atoms with van der Waals surface area (Å²) in [5.41, 5.74) is 0. The molecule has 1 amide bonds. The summed E-state index contributed by atoms with van der Waals surface area (Å²) in [4.78, 5) is 24.1. The quantitative estimate of drug-likeness (QED) is 0.557. The summed E-state index contributed by atoms with van der Waals surface area (Å²) in [6, 6.07) is 4.49. The molecule has 1 rings (SSSR count). The first-order valence-electron chi connectivity index (χ1n) is 7.96. The monoisotopic (exact) mass is 422 g/mol. The predicted octanol–water partition coefficient (Wildman–Crippen LogP) is 1.81. The van der Waals surface area contributed by atoms with Gasteiger partial charge in [-0.05, 0) is 56.5 Å². The van der Waals surface area contributed by atoms with E-state index in [1.165, 1.54) is 43.0 Å². The van der Waals surface area contributed by atoms with E-state index >= 15 is 0 Å². The van der Waals surface area contributed by atoms with Crippen molar-refractivity contribution in [2.75, 3.05) is 18.6 Å². The molecule has 26 heavy (non-hydrogen) atoms. The Bertz CT molecular complexity index is 710. The Morgan fingerprint density at radius 2 is 1.88 bits per heavy atom. The smallest absolute Gasteiger partial charge is 0.324 e. The maximum atomic E-state index is 12.5. The van der Waals surface area contributed by atoms with Gasteiger partial charge in [0.05, 0.1) is 4.90 Å². The molecular weight excluding hydrogens is 400 g/mol. The van der Waals surface area contributed by atoms with Crippen LogP contribution in [0, 0.1) is 0 Å². The molecule has 0 heterocycles. The Hall–Kier alpha value is -1.29. The highest BCUT2D eigenvalue weighted by Crippen LogP contribution is 2.15. The zero-order valence-electron chi connectivity index (χ0n) is 14.8. The fourth-order valence-corrected chi connectivity index (χ4v) is 3.77. The number of amides is 1. The molecule has 0 unspecified atom stereocenters. The van der Waals surface area contributed by atoms with Crippen molar-refractivity contribution in [2.45, 2.75) is 37.3 Å². The number of likely N-dealkylation sites (N-methyl/N-ethyl adjacent to an activating group) is 1. The van der Waals surface area contributed by atoms with Crippen LogP contribution in [0.5, 0.6) is 0 Å². The van der Waals surface area contributed by atoms with Crippen molar-refractivity contribution in [2.24, 2.45) is 0 Å². The zero-order valence-corrected chi connectivity index (χ0v) is 17.2. The summed E-state index contributed by atoms with van der Waals surface area (Å²) in [5.74, 6) is -0.696. The van der Waals surface area contributed by atoms with Crippen molar-refractivity contribution < 1.29 is 22.7 Å². The third kappa shape index (κ3) is 7.14. The lowest BCUT2D eigenvalue weighted by atomic mass is 10.2. The van der Waals surface area contributed by atoms with Crippen LogP contribution in [-0.4, -0.2) is 51.0 Å². The average molecular weight is 423 g/mol. The van der Waals surface area contributed by atoms with Crippen molar-refractivity contribution in [3.63, 3.8) is 0 Å². The van der Waals surface area contributed by atoms with Crippen molar-refractivity contribution in [1.29, 1.82) is 0 Å². The van der Waals surface area contributed by atoms with E-state index in [2.05, 4.69) is 10.0 Å². The summed E-state index contributed by atoms with van der Waals surface area (Å²) in [7, 11) is -3.94. The number of benzene rings is 1. The molecule has 0 bridgehead atoms. The lowest BCUT2D eigenvalue weighted by Crippen LogP contribution is -2.45. The van der Waals surface area contributed by atoms with E-state index in [1.807, 2.05) is 6.26 Å². The van der Waals surface area contributed by atoms with E-state index in [-0.39, 0.29) is 11.3 Å². The molecule has 0 aromatic heterocycles. The van der Waals surface area contributed by atoms with E-state index in [1.54, 1.807) is 6.92 Å². The molecule has 0 aliphatic heterocycles. The van der Waals surface area contributed by atoms with Gasteiger partial charge in [-0.1, -0.05) is 11.6 Å². The minimum absolute atomic E-state index is 0.0133. The van der Waals surface area contributed by atoms with Crippen molar-refractivity contribution in [3.8, 4) is 0 Å². The Balaban J connectivity index is 2.89. The van der Waals surface area contributed by atoms with Gasteiger partial charge >= 0.3 is 5.97 Å². The summed E-state index contributed by atoms with van der Waals surface area (Å²) < 4.78 is 32.5. The minimum atomic E-state index is -3.94. The third-order valence-electron chi connectivity index (χ3n) is 3.33. The molecule has 1 aromatic carbocycles. The van der Waals surface area contributed by atoms with Crippen LogP contribution in [0.4, 0.5) is 0 Å². The highest BCUT2D eigenvalue weighted by molar-refractivity contribution is 7.98. The molecule has 0 spiro atoms. The molecule has 0 saturated heterocycles. The largest absolute Gasteiger partial charge is 0.451 e. The standard InChI is InChI=1S/C16H23ClN2O5S2/c1-4-18-15(20)11(2)24-16(21)14(9-10-25-3)19-26(22,23)13-7-5-12(17)6-8-13/h5-8,11,14,19H,4,9-10H2,1-3H3,(H,18,20)/t11-,14+/m1/s1. The van der Waals surface area contributed by atoms with Gasteiger partial charge in [0.1, 0.15) is 6.04 Å². The molecule has 0 saturated carbocycles. The number of nitrogens with one attached hydrogen (secondary N) is 2. The van der Waals surface area contributed by atoms with E-state index in [0.29, 0.717) is 17.3 Å². The van der Waals surface area contributed by atoms with Crippen LogP contribution in [0.1, 0.15) is 20.3 Å². The lowest BCUT2D eigenvalue weighted by Gasteiger charge is -2.20. The first-order valence-corrected chi connectivity index (χ1v) is 11.2. The summed E-state index contributed by atoms with van der Waals surface area (Å²) in [6.07, 6.45) is 1.06. The number of hydrogen-bond acceptors (Lipinski definition) is 6. The molecule has 146 valence electrons. The number of ether oxygens (including phenoxy) is 1. The van der Waals surface area contributed by atoms with Crippen molar-refractivity contribution >= 4 is 45.3 Å². The second-order valence-electron chi connectivity index (χ2n) is 5.38. The van der Waals surface area contributed by atoms with Crippen LogP contribution in [0.3, 0.4) is 0 Å². The molecule has 10 heteroatoms. The first kappa shape index (κ1) is 22.8. The molecule has 0 radical (unpaired) electrons. The Morgan fingerprint density at radius 3 is 2.42 bits per heavy atom. The van der Waals surface area contributed by atoms with Gasteiger partial charge in [0.25, 0.3) is 5.91 Å². The number of esters is 1. The normalized spacial score (nSPS) is 13.7. The molecular formula is C16H23ClN2O5S2. The zero-order chi connectivity index (χ0) is 19.7. The molecule has 0 aliphatic carbocycles. The number of sulfonamides is 1. The van der Waals surface area contributed by atoms with Crippen LogP contribution >= 0.6 is 23.4 Å². The number of halogens is 1. The number of rotatable bonds is 10. The van der Waals surface area contributed by atoms with Gasteiger partial charge < -0.3 is 10.1 Å². The molecule has 2 atom stereocenters. The van der Waals surface area contributed by atoms with Crippen LogP contribution in [0.15, 0.2) is 29.2 Å². The predicted molar refractivity (Wildman–Crippen MR) is 103 cm³/mol. The molecule has 0 aliphatic rings. The molecule has 0 fully saturated rings. The SMILES string of the molecule is CCNC(=O)[C@@H](C)OC(=O)[C@H](CCSC)NS(=O)(=O)c1ccc(Cl)cc1. The van der Waals surface area contributed by atoms with Gasteiger partial charge in [0.2, 0.25) is 10.0 Å². The Kier molecular flexibility index (Phi) is 9.42. The van der Waals surface area contributed by atoms with Gasteiger partial charge in [-0.25, -0.2) is 8.42 Å². The molecule has 7 nitrogen and oxygen atoms in total. The second-order valence-corrected chi connectivity index (χ2v) is 8.52. The van der Waals surface area contributed by atoms with Crippen molar-refractivity contribution in [3.05, 3.63) is 29.3 Å². The van der Waals surface area contributed by atoms with Crippen LogP contribution in [0.25, 0.3) is 0 Å². The minimum Gasteiger partial charge on any atom is -0.451 e. The van der Waals surface area contributed by atoms with Crippen LogP contribution in [-0.2, 0) is 24.3 Å². The number of carbonyl (C=O) groups excluding carboxylic acids is 2. The first-order chi connectivity index (χ1) is 12.2. The van der Waals surface area contributed by atoms with Gasteiger partial charge in [0.15, 0.2) is 6.10 Å². The van der Waals surface area contributed by atoms with E-state index in [4.69, 9.17) is 16.3 Å². The topological polar surface area (TPSA) is 102 Å². The number of carbonyl (C=O) groups is 2. The summed E-state index contributed by atoms with van der Waals surface area (Å²) in [5, 5.41) is 2.94. The van der Waals surface area contributed by atoms with Gasteiger partial charge in [-0.15, -0.1) is 0 Å². The van der Waals surface area contributed by atoms with E-state index in [9.17, 15) is 18.0 Å². The fourth-order valence-electron chi connectivity index (χ4n) is 1.96. The maximum absolute atomic E-state index is 12.5. The lowest BCUT2D eigenvalue weighted by molar-refractivity contribution is -0.156. The highest BCUT2D eigenvalue weighted by Gasteiger charge is 2.29. The Morgan fingerprint density at radius 1 is 1.27 bits per heavy atom. The maximum Gasteiger partial charge on any atom is 0.324 e. The third-order valence-corrected chi connectivity index (χ3v) is 5.71. The molecule has 2 N–H and O–H groups in total. The van der Waals surface area contributed by atoms with Gasteiger partial charge in [0, 0.05) is 11.6 Å². The van der Waals surface area contributed by atoms with Gasteiger partial charge in [-0.3, -0.25) is 9.59 Å². The summed E-state index contributed by atoms with van der Waals surface area (Å²) in [6.45, 7) is 3.58. The number of hydrogen-bond donors (Lipinski definition) is 2. The second kappa shape index (κ2) is 10.8. The van der Waals surface area contributed by atoms with Crippen molar-refractivity contribution in [1.82, 2.24) is 10.0 Å². The Labute approximate surface area is 163 Å². The number of thioether (sulfide) groups is 1. The van der Waals surface area contributed by atoms with E-state index < -0.39 is 34.0 Å².